The van der Waals surface area contributed by atoms with E-state index in [4.69, 9.17) is 10.7 Å². The highest BCUT2D eigenvalue weighted by Crippen LogP contribution is 2.27. The van der Waals surface area contributed by atoms with Crippen molar-refractivity contribution in [2.75, 3.05) is 32.1 Å². The number of rotatable bonds is 3. The van der Waals surface area contributed by atoms with E-state index in [0.29, 0.717) is 12.6 Å². The molecule has 0 spiro atoms. The van der Waals surface area contributed by atoms with Gasteiger partial charge in [0.2, 0.25) is 0 Å². The van der Waals surface area contributed by atoms with Gasteiger partial charge in [-0.3, -0.25) is 4.40 Å². The van der Waals surface area contributed by atoms with Crippen LogP contribution in [0.5, 0.6) is 0 Å². The molecule has 1 aliphatic rings. The van der Waals surface area contributed by atoms with Crippen LogP contribution in [0.2, 0.25) is 0 Å². The van der Waals surface area contributed by atoms with E-state index in [0.717, 1.165) is 23.0 Å². The molecule has 0 bridgehead atoms. The van der Waals surface area contributed by atoms with Crippen molar-refractivity contribution in [2.45, 2.75) is 25.4 Å². The molecular formula is C13H21N5S. The molecule has 1 unspecified atom stereocenters. The third-order valence-electron chi connectivity index (χ3n) is 4.01. The topological polar surface area (TPSA) is 49.8 Å². The Morgan fingerprint density at radius 2 is 2.42 bits per heavy atom. The molecule has 0 amide bonds. The average Bonchev–Trinajstić information content (AvgIpc) is 2.97. The summed E-state index contributed by atoms with van der Waals surface area (Å²) in [4.78, 5) is 10.5. The molecule has 0 aliphatic carbocycles. The number of likely N-dealkylation sites (tertiary alicyclic amines) is 1. The van der Waals surface area contributed by atoms with Crippen molar-refractivity contribution < 1.29 is 0 Å². The first kappa shape index (κ1) is 12.9. The largest absolute Gasteiger partial charge is 0.354 e. The van der Waals surface area contributed by atoms with Crippen molar-refractivity contribution in [3.05, 3.63) is 17.3 Å². The SMILES string of the molecule is CN1CCCC(N(C)c2nc3sccn3c2CN)C1. The van der Waals surface area contributed by atoms with Crippen LogP contribution >= 0.6 is 11.3 Å². The Kier molecular flexibility index (Phi) is 3.47. The lowest BCUT2D eigenvalue weighted by Crippen LogP contribution is -2.45. The summed E-state index contributed by atoms with van der Waals surface area (Å²) in [5, 5.41) is 2.06. The predicted octanol–water partition coefficient (Wildman–Crippen LogP) is 1.38. The van der Waals surface area contributed by atoms with Gasteiger partial charge < -0.3 is 15.5 Å². The fourth-order valence-electron chi connectivity index (χ4n) is 2.92. The number of hydrogen-bond acceptors (Lipinski definition) is 5. The van der Waals surface area contributed by atoms with Gasteiger partial charge in [-0.1, -0.05) is 0 Å². The van der Waals surface area contributed by atoms with Gasteiger partial charge in [0.15, 0.2) is 10.8 Å². The lowest BCUT2D eigenvalue weighted by molar-refractivity contribution is 0.247. The molecule has 6 heteroatoms. The summed E-state index contributed by atoms with van der Waals surface area (Å²) in [6, 6.07) is 0.536. The Labute approximate surface area is 117 Å². The number of nitrogens with two attached hydrogens (primary N) is 1. The number of piperidine rings is 1. The van der Waals surface area contributed by atoms with Crippen LogP contribution in [0, 0.1) is 0 Å². The summed E-state index contributed by atoms with van der Waals surface area (Å²) in [5.74, 6) is 1.05. The maximum absolute atomic E-state index is 5.92. The third-order valence-corrected chi connectivity index (χ3v) is 4.77. The van der Waals surface area contributed by atoms with Gasteiger partial charge in [0.05, 0.1) is 5.69 Å². The maximum Gasteiger partial charge on any atom is 0.195 e. The summed E-state index contributed by atoms with van der Waals surface area (Å²) in [6.45, 7) is 2.83. The maximum atomic E-state index is 5.92. The molecular weight excluding hydrogens is 258 g/mol. The molecule has 104 valence electrons. The molecule has 1 aliphatic heterocycles. The lowest BCUT2D eigenvalue weighted by Gasteiger charge is -2.36. The zero-order chi connectivity index (χ0) is 13.4. The number of imidazole rings is 1. The first-order valence-electron chi connectivity index (χ1n) is 6.76. The van der Waals surface area contributed by atoms with Gasteiger partial charge in [0.25, 0.3) is 0 Å². The molecule has 2 aromatic rings. The van der Waals surface area contributed by atoms with E-state index in [1.54, 1.807) is 11.3 Å². The summed E-state index contributed by atoms with van der Waals surface area (Å²) in [6.07, 6.45) is 4.54. The van der Waals surface area contributed by atoms with Gasteiger partial charge in [-0.2, -0.15) is 0 Å². The number of nitrogens with zero attached hydrogens (tertiary/aromatic N) is 4. The molecule has 5 nitrogen and oxygen atoms in total. The Morgan fingerprint density at radius 3 is 3.16 bits per heavy atom. The van der Waals surface area contributed by atoms with E-state index >= 15 is 0 Å². The molecule has 0 radical (unpaired) electrons. The molecule has 1 atom stereocenters. The molecule has 2 N–H and O–H groups in total. The standard InChI is InChI=1S/C13H21N5S/c1-16-5-3-4-10(9-16)17(2)12-11(8-14)18-6-7-19-13(18)15-12/h6-7,10H,3-5,8-9,14H2,1-2H3. The minimum atomic E-state index is 0.528. The molecule has 0 saturated carbocycles. The highest BCUT2D eigenvalue weighted by molar-refractivity contribution is 7.15. The van der Waals surface area contributed by atoms with Crippen LogP contribution < -0.4 is 10.6 Å². The minimum absolute atomic E-state index is 0.528. The van der Waals surface area contributed by atoms with E-state index in [9.17, 15) is 0 Å². The van der Waals surface area contributed by atoms with E-state index in [2.05, 4.69) is 39.9 Å². The Hall–Kier alpha value is -1.11. The first-order chi connectivity index (χ1) is 9.20. The number of hydrogen-bond donors (Lipinski definition) is 1. The Bertz CT molecular complexity index is 560. The smallest absolute Gasteiger partial charge is 0.195 e. The van der Waals surface area contributed by atoms with Crippen molar-refractivity contribution in [3.63, 3.8) is 0 Å². The van der Waals surface area contributed by atoms with Gasteiger partial charge in [-0.15, -0.1) is 11.3 Å². The Morgan fingerprint density at radius 1 is 1.58 bits per heavy atom. The number of thiazole rings is 1. The van der Waals surface area contributed by atoms with E-state index < -0.39 is 0 Å². The van der Waals surface area contributed by atoms with Crippen molar-refractivity contribution in [1.82, 2.24) is 14.3 Å². The monoisotopic (exact) mass is 279 g/mol. The van der Waals surface area contributed by atoms with E-state index in [1.807, 2.05) is 0 Å². The van der Waals surface area contributed by atoms with Crippen LogP contribution in [0.3, 0.4) is 0 Å². The normalized spacial score (nSPS) is 21.1. The van der Waals surface area contributed by atoms with Gasteiger partial charge in [-0.25, -0.2) is 4.98 Å². The molecule has 0 aromatic carbocycles. The van der Waals surface area contributed by atoms with Crippen LogP contribution in [0.1, 0.15) is 18.5 Å². The molecule has 3 rings (SSSR count). The fraction of sp³-hybridized carbons (Fsp3) is 0.615. The second-order valence-electron chi connectivity index (χ2n) is 5.31. The molecule has 3 heterocycles. The second-order valence-corrected chi connectivity index (χ2v) is 6.18. The minimum Gasteiger partial charge on any atom is -0.354 e. The first-order valence-corrected chi connectivity index (χ1v) is 7.64. The lowest BCUT2D eigenvalue weighted by atomic mass is 10.1. The third kappa shape index (κ3) is 2.24. The van der Waals surface area contributed by atoms with Crippen molar-refractivity contribution in [3.8, 4) is 0 Å². The van der Waals surface area contributed by atoms with Crippen LogP contribution in [-0.4, -0.2) is 47.5 Å². The number of likely N-dealkylation sites (N-methyl/N-ethyl adjacent to an activating group) is 2. The highest BCUT2D eigenvalue weighted by atomic mass is 32.1. The van der Waals surface area contributed by atoms with Crippen LogP contribution in [-0.2, 0) is 6.54 Å². The zero-order valence-corrected chi connectivity index (χ0v) is 12.4. The summed E-state index contributed by atoms with van der Waals surface area (Å²) < 4.78 is 2.11. The number of anilines is 1. The summed E-state index contributed by atoms with van der Waals surface area (Å²) in [5.41, 5.74) is 7.04. The molecule has 1 saturated heterocycles. The highest BCUT2D eigenvalue weighted by Gasteiger charge is 2.25. The zero-order valence-electron chi connectivity index (χ0n) is 11.5. The van der Waals surface area contributed by atoms with Gasteiger partial charge in [0.1, 0.15) is 0 Å². The van der Waals surface area contributed by atoms with Gasteiger partial charge in [0, 0.05) is 37.8 Å². The summed E-state index contributed by atoms with van der Waals surface area (Å²) in [7, 11) is 4.34. The van der Waals surface area contributed by atoms with Crippen LogP contribution in [0.25, 0.3) is 4.96 Å². The van der Waals surface area contributed by atoms with Crippen molar-refractivity contribution in [2.24, 2.45) is 5.73 Å². The molecule has 1 fully saturated rings. The van der Waals surface area contributed by atoms with Crippen molar-refractivity contribution in [1.29, 1.82) is 0 Å². The van der Waals surface area contributed by atoms with Crippen LogP contribution in [0.4, 0.5) is 5.82 Å². The summed E-state index contributed by atoms with van der Waals surface area (Å²) >= 11 is 1.66. The van der Waals surface area contributed by atoms with Crippen molar-refractivity contribution >= 4 is 22.1 Å². The second kappa shape index (κ2) is 5.11. The number of fused-ring (bicyclic) bond motifs is 1. The van der Waals surface area contributed by atoms with Gasteiger partial charge in [-0.05, 0) is 26.4 Å². The molecule has 19 heavy (non-hydrogen) atoms. The number of aromatic nitrogens is 2. The average molecular weight is 279 g/mol. The van der Waals surface area contributed by atoms with Gasteiger partial charge >= 0.3 is 0 Å². The molecule has 2 aromatic heterocycles. The van der Waals surface area contributed by atoms with E-state index in [-0.39, 0.29) is 0 Å². The quantitative estimate of drug-likeness (QED) is 0.922. The van der Waals surface area contributed by atoms with E-state index in [1.165, 1.54) is 19.4 Å². The fourth-order valence-corrected chi connectivity index (χ4v) is 3.65. The van der Waals surface area contributed by atoms with Crippen LogP contribution in [0.15, 0.2) is 11.6 Å². The Balaban J connectivity index is 1.91. The predicted molar refractivity (Wildman–Crippen MR) is 79.9 cm³/mol.